The zero-order valence-corrected chi connectivity index (χ0v) is 10.6. The van der Waals surface area contributed by atoms with Crippen LogP contribution in [0.25, 0.3) is 0 Å². The first kappa shape index (κ1) is 15.9. The molecule has 0 aromatic rings. The van der Waals surface area contributed by atoms with E-state index in [0.29, 0.717) is 25.8 Å². The molecular weight excluding hydrogens is 220 g/mol. The molecule has 0 aliphatic carbocycles. The Bertz CT molecular complexity index is 242. The highest BCUT2D eigenvalue weighted by Crippen LogP contribution is 2.08. The van der Waals surface area contributed by atoms with Gasteiger partial charge in [-0.05, 0) is 20.0 Å². The smallest absolute Gasteiger partial charge is 0.146 e. The molecule has 0 aliphatic rings. The summed E-state index contributed by atoms with van der Waals surface area (Å²) in [6.45, 7) is 1.54. The van der Waals surface area contributed by atoms with Crippen LogP contribution in [0.3, 0.4) is 0 Å². The predicted molar refractivity (Wildman–Crippen MR) is 65.9 cm³/mol. The Morgan fingerprint density at radius 2 is 2.00 bits per heavy atom. The van der Waals surface area contributed by atoms with Gasteiger partial charge in [0.25, 0.3) is 0 Å². The molecule has 0 aromatic heterocycles. The summed E-state index contributed by atoms with van der Waals surface area (Å²) >= 11 is 0. The fourth-order valence-corrected chi connectivity index (χ4v) is 1.66. The van der Waals surface area contributed by atoms with Crippen LogP contribution < -0.4 is 5.32 Å². The van der Waals surface area contributed by atoms with Crippen molar-refractivity contribution < 1.29 is 14.4 Å². The summed E-state index contributed by atoms with van der Waals surface area (Å²) in [5.41, 5.74) is 0. The fourth-order valence-electron chi connectivity index (χ4n) is 1.66. The molecule has 0 fully saturated rings. The first-order valence-electron chi connectivity index (χ1n) is 5.84. The molecule has 0 saturated carbocycles. The van der Waals surface area contributed by atoms with E-state index >= 15 is 0 Å². The van der Waals surface area contributed by atoms with E-state index in [9.17, 15) is 14.4 Å². The number of carbonyl (C=O) groups excluding carboxylic acids is 3. The number of nitrogens with one attached hydrogen (secondary N) is 1. The Morgan fingerprint density at radius 1 is 1.29 bits per heavy atom. The SMILES string of the molecule is CN(C)CC(CC=O)CC(=O)CNCCC=O. The molecule has 0 amide bonds. The Kier molecular flexibility index (Phi) is 9.47. The molecule has 0 aromatic carbocycles. The second-order valence-electron chi connectivity index (χ2n) is 4.41. The summed E-state index contributed by atoms with van der Waals surface area (Å²) in [6.07, 6.45) is 2.92. The highest BCUT2D eigenvalue weighted by molar-refractivity contribution is 5.81. The maximum absolute atomic E-state index is 11.6. The van der Waals surface area contributed by atoms with Gasteiger partial charge in [0, 0.05) is 32.4 Å². The van der Waals surface area contributed by atoms with E-state index in [-0.39, 0.29) is 18.2 Å². The quantitative estimate of drug-likeness (QED) is 0.404. The van der Waals surface area contributed by atoms with Gasteiger partial charge in [-0.2, -0.15) is 0 Å². The van der Waals surface area contributed by atoms with Crippen LogP contribution in [-0.2, 0) is 14.4 Å². The number of carbonyl (C=O) groups is 3. The third kappa shape index (κ3) is 9.84. The Morgan fingerprint density at radius 3 is 2.53 bits per heavy atom. The molecule has 98 valence electrons. The van der Waals surface area contributed by atoms with E-state index in [1.807, 2.05) is 19.0 Å². The average Bonchev–Trinajstić information content (AvgIpc) is 2.24. The van der Waals surface area contributed by atoms with E-state index in [0.717, 1.165) is 19.1 Å². The summed E-state index contributed by atoms with van der Waals surface area (Å²) in [4.78, 5) is 34.1. The predicted octanol–water partition coefficient (Wildman–Crippen LogP) is -0.109. The number of ketones is 1. The molecular formula is C12H22N2O3. The molecule has 5 heteroatoms. The van der Waals surface area contributed by atoms with Crippen molar-refractivity contribution in [2.24, 2.45) is 5.92 Å². The first-order valence-corrected chi connectivity index (χ1v) is 5.84. The second-order valence-corrected chi connectivity index (χ2v) is 4.41. The van der Waals surface area contributed by atoms with Gasteiger partial charge in [0.2, 0.25) is 0 Å². The number of nitrogens with zero attached hydrogens (tertiary/aromatic N) is 1. The van der Waals surface area contributed by atoms with Crippen LogP contribution >= 0.6 is 0 Å². The van der Waals surface area contributed by atoms with Gasteiger partial charge in [0.1, 0.15) is 18.4 Å². The van der Waals surface area contributed by atoms with Crippen molar-refractivity contribution in [2.45, 2.75) is 19.3 Å². The summed E-state index contributed by atoms with van der Waals surface area (Å²) < 4.78 is 0. The molecule has 1 atom stereocenters. The lowest BCUT2D eigenvalue weighted by molar-refractivity contribution is -0.119. The minimum Gasteiger partial charge on any atom is -0.310 e. The second kappa shape index (κ2) is 10.1. The summed E-state index contributed by atoms with van der Waals surface area (Å²) in [6, 6.07) is 0. The Balaban J connectivity index is 3.85. The standard InChI is InChI=1S/C12H22N2O3/c1-14(2)10-11(4-7-16)8-12(17)9-13-5-3-6-15/h6-7,11,13H,3-5,8-10H2,1-2H3. The van der Waals surface area contributed by atoms with Gasteiger partial charge in [-0.3, -0.25) is 4.79 Å². The molecule has 0 spiro atoms. The fraction of sp³-hybridized carbons (Fsp3) is 0.750. The first-order chi connectivity index (χ1) is 8.10. The number of hydrogen-bond donors (Lipinski definition) is 1. The maximum Gasteiger partial charge on any atom is 0.146 e. The van der Waals surface area contributed by atoms with E-state index in [2.05, 4.69) is 5.32 Å². The monoisotopic (exact) mass is 242 g/mol. The van der Waals surface area contributed by atoms with E-state index < -0.39 is 0 Å². The normalized spacial score (nSPS) is 12.4. The van der Waals surface area contributed by atoms with Crippen molar-refractivity contribution in [1.29, 1.82) is 0 Å². The van der Waals surface area contributed by atoms with Crippen LogP contribution in [0.5, 0.6) is 0 Å². The van der Waals surface area contributed by atoms with Crippen LogP contribution in [0, 0.1) is 5.92 Å². The Labute approximate surface area is 103 Å². The van der Waals surface area contributed by atoms with Crippen molar-refractivity contribution >= 4 is 18.4 Å². The highest BCUT2D eigenvalue weighted by Gasteiger charge is 2.14. The number of hydrogen-bond acceptors (Lipinski definition) is 5. The third-order valence-electron chi connectivity index (χ3n) is 2.33. The van der Waals surface area contributed by atoms with Crippen LogP contribution in [0.4, 0.5) is 0 Å². The van der Waals surface area contributed by atoms with E-state index in [4.69, 9.17) is 0 Å². The van der Waals surface area contributed by atoms with Crippen molar-refractivity contribution in [2.75, 3.05) is 33.7 Å². The molecule has 1 N–H and O–H groups in total. The molecule has 0 aliphatic heterocycles. The average molecular weight is 242 g/mol. The molecule has 1 unspecified atom stereocenters. The lowest BCUT2D eigenvalue weighted by Gasteiger charge is -2.18. The zero-order chi connectivity index (χ0) is 13.1. The van der Waals surface area contributed by atoms with Crippen molar-refractivity contribution in [3.05, 3.63) is 0 Å². The Hall–Kier alpha value is -1.07. The van der Waals surface area contributed by atoms with Crippen LogP contribution in [0.2, 0.25) is 0 Å². The van der Waals surface area contributed by atoms with Gasteiger partial charge in [0.05, 0.1) is 6.54 Å². The molecule has 0 radical (unpaired) electrons. The van der Waals surface area contributed by atoms with Gasteiger partial charge in [0.15, 0.2) is 0 Å². The molecule has 0 heterocycles. The number of rotatable bonds is 11. The minimum atomic E-state index is 0.0860. The highest BCUT2D eigenvalue weighted by atomic mass is 16.1. The van der Waals surface area contributed by atoms with Crippen LogP contribution in [0.1, 0.15) is 19.3 Å². The minimum absolute atomic E-state index is 0.0860. The molecule has 0 rings (SSSR count). The molecule has 0 bridgehead atoms. The van der Waals surface area contributed by atoms with Gasteiger partial charge < -0.3 is 19.8 Å². The third-order valence-corrected chi connectivity index (χ3v) is 2.33. The maximum atomic E-state index is 11.6. The van der Waals surface area contributed by atoms with E-state index in [1.165, 1.54) is 0 Å². The zero-order valence-electron chi connectivity index (χ0n) is 10.6. The molecule has 5 nitrogen and oxygen atoms in total. The number of aldehydes is 2. The topological polar surface area (TPSA) is 66.5 Å². The van der Waals surface area contributed by atoms with E-state index in [1.54, 1.807) is 0 Å². The summed E-state index contributed by atoms with van der Waals surface area (Å²) in [5.74, 6) is 0.174. The summed E-state index contributed by atoms with van der Waals surface area (Å²) in [5, 5.41) is 2.90. The van der Waals surface area contributed by atoms with Gasteiger partial charge >= 0.3 is 0 Å². The van der Waals surface area contributed by atoms with Crippen molar-refractivity contribution in [3.63, 3.8) is 0 Å². The van der Waals surface area contributed by atoms with Crippen LogP contribution in [-0.4, -0.2) is 57.0 Å². The van der Waals surface area contributed by atoms with Crippen molar-refractivity contribution in [3.8, 4) is 0 Å². The largest absolute Gasteiger partial charge is 0.310 e. The van der Waals surface area contributed by atoms with Gasteiger partial charge in [-0.25, -0.2) is 0 Å². The van der Waals surface area contributed by atoms with Gasteiger partial charge in [-0.15, -0.1) is 0 Å². The lowest BCUT2D eigenvalue weighted by atomic mass is 9.99. The van der Waals surface area contributed by atoms with Crippen LogP contribution in [0.15, 0.2) is 0 Å². The van der Waals surface area contributed by atoms with Crippen molar-refractivity contribution in [1.82, 2.24) is 10.2 Å². The lowest BCUT2D eigenvalue weighted by Crippen LogP contribution is -2.29. The summed E-state index contributed by atoms with van der Waals surface area (Å²) in [7, 11) is 3.84. The molecule has 0 saturated heterocycles. The number of Topliss-reactive ketones (excluding diaryl/α,β-unsaturated/α-hetero) is 1. The molecule has 17 heavy (non-hydrogen) atoms. The van der Waals surface area contributed by atoms with Gasteiger partial charge in [-0.1, -0.05) is 0 Å².